The molecule has 1 N–H and O–H groups in total. The van der Waals surface area contributed by atoms with E-state index in [0.29, 0.717) is 22.9 Å². The van der Waals surface area contributed by atoms with Crippen LogP contribution in [0.4, 0.5) is 0 Å². The third-order valence-electron chi connectivity index (χ3n) is 3.39. The Morgan fingerprint density at radius 2 is 2.05 bits per heavy atom. The highest BCUT2D eigenvalue weighted by atomic mass is 79.9. The van der Waals surface area contributed by atoms with Gasteiger partial charge in [-0.25, -0.2) is 8.42 Å². The van der Waals surface area contributed by atoms with Crippen LogP contribution in [0.1, 0.15) is 24.8 Å². The summed E-state index contributed by atoms with van der Waals surface area (Å²) < 4.78 is 26.8. The van der Waals surface area contributed by atoms with Crippen molar-refractivity contribution in [2.24, 2.45) is 0 Å². The van der Waals surface area contributed by atoms with E-state index < -0.39 is 22.0 Å². The molecule has 1 aromatic rings. The van der Waals surface area contributed by atoms with Gasteiger partial charge in [-0.2, -0.15) is 4.31 Å². The molecule has 5 nitrogen and oxygen atoms in total. The number of sulfonamides is 1. The first-order chi connectivity index (χ1) is 9.42. The maximum Gasteiger partial charge on any atom is 0.322 e. The lowest BCUT2D eigenvalue weighted by molar-refractivity contribution is -0.142. The van der Waals surface area contributed by atoms with E-state index in [0.717, 1.165) is 10.7 Å². The Labute approximate surface area is 126 Å². The number of hydrogen-bond acceptors (Lipinski definition) is 3. The maximum atomic E-state index is 12.5. The number of hydrogen-bond donors (Lipinski definition) is 1. The fourth-order valence-corrected chi connectivity index (χ4v) is 4.79. The molecule has 7 heteroatoms. The second kappa shape index (κ2) is 6.24. The number of carbonyl (C=O) groups is 1. The molecule has 0 aromatic heterocycles. The molecule has 0 bridgehead atoms. The van der Waals surface area contributed by atoms with Gasteiger partial charge in [0.15, 0.2) is 0 Å². The van der Waals surface area contributed by atoms with Gasteiger partial charge in [0.2, 0.25) is 10.0 Å². The van der Waals surface area contributed by atoms with E-state index in [1.165, 1.54) is 0 Å². The minimum atomic E-state index is -3.63. The van der Waals surface area contributed by atoms with Crippen molar-refractivity contribution < 1.29 is 18.3 Å². The molecule has 1 unspecified atom stereocenters. The van der Waals surface area contributed by atoms with Gasteiger partial charge in [-0.15, -0.1) is 0 Å². The summed E-state index contributed by atoms with van der Waals surface area (Å²) in [5, 5.41) is 9.18. The predicted molar refractivity (Wildman–Crippen MR) is 78.7 cm³/mol. The molecular formula is C13H16BrNO4S. The lowest BCUT2D eigenvalue weighted by Gasteiger charge is -2.32. The average Bonchev–Trinajstić information content (AvgIpc) is 2.41. The smallest absolute Gasteiger partial charge is 0.322 e. The van der Waals surface area contributed by atoms with E-state index >= 15 is 0 Å². The van der Waals surface area contributed by atoms with E-state index in [9.17, 15) is 18.3 Å². The Morgan fingerprint density at radius 1 is 1.35 bits per heavy atom. The molecule has 0 radical (unpaired) electrons. The van der Waals surface area contributed by atoms with Crippen molar-refractivity contribution in [3.05, 3.63) is 34.3 Å². The fraction of sp³-hybridized carbons (Fsp3) is 0.462. The summed E-state index contributed by atoms with van der Waals surface area (Å²) in [6, 6.07) is 6.13. The lowest BCUT2D eigenvalue weighted by atomic mass is 10.1. The zero-order valence-electron chi connectivity index (χ0n) is 10.8. The van der Waals surface area contributed by atoms with Crippen LogP contribution in [-0.4, -0.2) is 36.4 Å². The minimum Gasteiger partial charge on any atom is -0.480 e. The van der Waals surface area contributed by atoms with Gasteiger partial charge in [-0.05, 0) is 30.9 Å². The highest BCUT2D eigenvalue weighted by Crippen LogP contribution is 2.25. The second-order valence-corrected chi connectivity index (χ2v) is 7.58. The topological polar surface area (TPSA) is 74.7 Å². The third-order valence-corrected chi connectivity index (χ3v) is 5.99. The Morgan fingerprint density at radius 3 is 2.70 bits per heavy atom. The van der Waals surface area contributed by atoms with Gasteiger partial charge in [0.1, 0.15) is 6.04 Å². The zero-order chi connectivity index (χ0) is 14.8. The van der Waals surface area contributed by atoms with E-state index in [-0.39, 0.29) is 12.3 Å². The maximum absolute atomic E-state index is 12.5. The first-order valence-corrected chi connectivity index (χ1v) is 8.78. The van der Waals surface area contributed by atoms with Crippen molar-refractivity contribution >= 4 is 31.9 Å². The van der Waals surface area contributed by atoms with Crippen molar-refractivity contribution in [3.8, 4) is 0 Å². The van der Waals surface area contributed by atoms with Crippen LogP contribution in [0, 0.1) is 0 Å². The van der Waals surface area contributed by atoms with Gasteiger partial charge >= 0.3 is 5.97 Å². The van der Waals surface area contributed by atoms with Crippen molar-refractivity contribution in [3.63, 3.8) is 0 Å². The molecule has 110 valence electrons. The Balaban J connectivity index is 2.25. The van der Waals surface area contributed by atoms with Crippen molar-refractivity contribution in [2.45, 2.75) is 31.1 Å². The quantitative estimate of drug-likeness (QED) is 0.891. The Hall–Kier alpha value is -0.920. The first kappa shape index (κ1) is 15.5. The number of aliphatic carboxylic acids is 1. The molecule has 1 saturated heterocycles. The number of carboxylic acids is 1. The Kier molecular flexibility index (Phi) is 4.82. The van der Waals surface area contributed by atoms with E-state index in [4.69, 9.17) is 0 Å². The monoisotopic (exact) mass is 361 g/mol. The van der Waals surface area contributed by atoms with Crippen molar-refractivity contribution in [1.29, 1.82) is 0 Å². The molecular weight excluding hydrogens is 346 g/mol. The molecule has 0 aliphatic carbocycles. The number of benzene rings is 1. The summed E-state index contributed by atoms with van der Waals surface area (Å²) in [5.41, 5.74) is 0.641. The first-order valence-electron chi connectivity index (χ1n) is 6.37. The van der Waals surface area contributed by atoms with Crippen LogP contribution in [0.5, 0.6) is 0 Å². The summed E-state index contributed by atoms with van der Waals surface area (Å²) in [7, 11) is -3.63. The average molecular weight is 362 g/mol. The van der Waals surface area contributed by atoms with Crippen LogP contribution >= 0.6 is 15.9 Å². The standard InChI is InChI=1S/C13H16BrNO4S/c14-11-6-2-1-5-10(11)9-20(18,19)15-8-4-3-7-12(15)13(16)17/h1-2,5-6,12H,3-4,7-9H2,(H,16,17). The third kappa shape index (κ3) is 3.39. The van der Waals surface area contributed by atoms with Gasteiger partial charge in [0.25, 0.3) is 0 Å². The molecule has 20 heavy (non-hydrogen) atoms. The number of piperidine rings is 1. The lowest BCUT2D eigenvalue weighted by Crippen LogP contribution is -2.48. The molecule has 1 aliphatic rings. The van der Waals surface area contributed by atoms with E-state index in [1.54, 1.807) is 24.3 Å². The van der Waals surface area contributed by atoms with E-state index in [1.807, 2.05) is 0 Å². The Bertz CT molecular complexity index is 602. The summed E-state index contributed by atoms with van der Waals surface area (Å²) in [5.74, 6) is -1.25. The molecule has 1 aliphatic heterocycles. The van der Waals surface area contributed by atoms with E-state index in [2.05, 4.69) is 15.9 Å². The van der Waals surface area contributed by atoms with Gasteiger partial charge < -0.3 is 5.11 Å². The summed E-state index contributed by atoms with van der Waals surface area (Å²) in [4.78, 5) is 11.2. The highest BCUT2D eigenvalue weighted by Gasteiger charge is 2.36. The highest BCUT2D eigenvalue weighted by molar-refractivity contribution is 9.10. The van der Waals surface area contributed by atoms with Crippen LogP contribution in [0.15, 0.2) is 28.7 Å². The summed E-state index contributed by atoms with van der Waals surface area (Å²) in [6.45, 7) is 0.282. The SMILES string of the molecule is O=C(O)C1CCCCN1S(=O)(=O)Cc1ccccc1Br. The van der Waals surface area contributed by atoms with Gasteiger partial charge in [-0.3, -0.25) is 4.79 Å². The molecule has 1 aromatic carbocycles. The second-order valence-electron chi connectivity index (χ2n) is 4.81. The summed E-state index contributed by atoms with van der Waals surface area (Å²) in [6.07, 6.45) is 1.83. The molecule has 0 amide bonds. The fourth-order valence-electron chi connectivity index (χ4n) is 2.38. The zero-order valence-corrected chi connectivity index (χ0v) is 13.2. The number of rotatable bonds is 4. The molecule has 1 atom stereocenters. The predicted octanol–water partition coefficient (Wildman–Crippen LogP) is 2.22. The largest absolute Gasteiger partial charge is 0.480 e. The van der Waals surface area contributed by atoms with Gasteiger partial charge in [0.05, 0.1) is 5.75 Å². The number of nitrogens with zero attached hydrogens (tertiary/aromatic N) is 1. The van der Waals surface area contributed by atoms with Crippen LogP contribution in [0.2, 0.25) is 0 Å². The number of halogens is 1. The van der Waals surface area contributed by atoms with Crippen molar-refractivity contribution in [2.75, 3.05) is 6.54 Å². The van der Waals surface area contributed by atoms with Crippen LogP contribution < -0.4 is 0 Å². The van der Waals surface area contributed by atoms with Gasteiger partial charge in [0, 0.05) is 11.0 Å². The molecule has 0 saturated carbocycles. The number of carboxylic acid groups (broad SMARTS) is 1. The summed E-state index contributed by atoms with van der Waals surface area (Å²) >= 11 is 3.32. The molecule has 0 spiro atoms. The van der Waals surface area contributed by atoms with Crippen LogP contribution in [-0.2, 0) is 20.6 Å². The van der Waals surface area contributed by atoms with Crippen molar-refractivity contribution in [1.82, 2.24) is 4.31 Å². The molecule has 2 rings (SSSR count). The van der Waals surface area contributed by atoms with Crippen LogP contribution in [0.3, 0.4) is 0 Å². The van der Waals surface area contributed by atoms with Crippen LogP contribution in [0.25, 0.3) is 0 Å². The normalized spacial score (nSPS) is 20.8. The molecule has 1 fully saturated rings. The van der Waals surface area contributed by atoms with Gasteiger partial charge in [-0.1, -0.05) is 34.1 Å². The molecule has 1 heterocycles. The minimum absolute atomic E-state index is 0.182.